The first kappa shape index (κ1) is 13.5. The lowest BCUT2D eigenvalue weighted by Crippen LogP contribution is -2.41. The smallest absolute Gasteiger partial charge is 0.0317 e. The van der Waals surface area contributed by atoms with Gasteiger partial charge in [-0.3, -0.25) is 0 Å². The molecule has 1 unspecified atom stereocenters. The standard InChI is InChI=1S/C17H27N/c1-11(2)17(12(3)4)9-8-13(5)15-7-6-14(18)10-16(15)17/h6-7,10-13H,8-9,18H2,1-5H3. The van der Waals surface area contributed by atoms with Gasteiger partial charge in [0.05, 0.1) is 0 Å². The summed E-state index contributed by atoms with van der Waals surface area (Å²) in [5, 5.41) is 0. The zero-order chi connectivity index (χ0) is 13.5. The second-order valence-corrected chi connectivity index (χ2v) is 6.64. The van der Waals surface area contributed by atoms with Crippen molar-refractivity contribution in [1.82, 2.24) is 0 Å². The van der Waals surface area contributed by atoms with Crippen LogP contribution in [0.3, 0.4) is 0 Å². The van der Waals surface area contributed by atoms with Gasteiger partial charge in [-0.15, -0.1) is 0 Å². The van der Waals surface area contributed by atoms with Gasteiger partial charge in [0, 0.05) is 11.1 Å². The van der Waals surface area contributed by atoms with Gasteiger partial charge in [0.2, 0.25) is 0 Å². The maximum absolute atomic E-state index is 6.05. The number of hydrogen-bond acceptors (Lipinski definition) is 1. The molecule has 0 amide bonds. The second kappa shape index (κ2) is 4.60. The Morgan fingerprint density at radius 1 is 1.17 bits per heavy atom. The van der Waals surface area contributed by atoms with Crippen molar-refractivity contribution >= 4 is 5.69 Å². The molecule has 0 heterocycles. The average molecular weight is 245 g/mol. The molecule has 2 rings (SSSR count). The topological polar surface area (TPSA) is 26.0 Å². The van der Waals surface area contributed by atoms with E-state index in [1.165, 1.54) is 24.0 Å². The molecule has 0 aliphatic heterocycles. The SMILES string of the molecule is CC1CCC(C(C)C)(C(C)C)c2cc(N)ccc21. The van der Waals surface area contributed by atoms with Crippen molar-refractivity contribution in [3.8, 4) is 0 Å². The maximum atomic E-state index is 6.05. The van der Waals surface area contributed by atoms with Crippen LogP contribution in [0.15, 0.2) is 18.2 Å². The van der Waals surface area contributed by atoms with Gasteiger partial charge in [0.1, 0.15) is 0 Å². The third kappa shape index (κ3) is 1.84. The third-order valence-corrected chi connectivity index (χ3v) is 5.16. The Hall–Kier alpha value is -0.980. The molecular formula is C17H27N. The van der Waals surface area contributed by atoms with Crippen LogP contribution in [0.4, 0.5) is 5.69 Å². The fourth-order valence-electron chi connectivity index (χ4n) is 4.02. The van der Waals surface area contributed by atoms with E-state index in [1.54, 1.807) is 0 Å². The van der Waals surface area contributed by atoms with Crippen LogP contribution in [-0.2, 0) is 5.41 Å². The minimum atomic E-state index is 0.303. The monoisotopic (exact) mass is 245 g/mol. The molecule has 0 fully saturated rings. The van der Waals surface area contributed by atoms with E-state index in [2.05, 4.69) is 52.8 Å². The van der Waals surface area contributed by atoms with Gasteiger partial charge < -0.3 is 5.73 Å². The van der Waals surface area contributed by atoms with Crippen molar-refractivity contribution in [3.63, 3.8) is 0 Å². The Morgan fingerprint density at radius 3 is 2.33 bits per heavy atom. The van der Waals surface area contributed by atoms with Crippen molar-refractivity contribution in [2.75, 3.05) is 5.73 Å². The quantitative estimate of drug-likeness (QED) is 0.750. The molecule has 0 spiro atoms. The molecule has 0 saturated heterocycles. The van der Waals surface area contributed by atoms with Crippen LogP contribution in [0, 0.1) is 11.8 Å². The van der Waals surface area contributed by atoms with Gasteiger partial charge in [0.25, 0.3) is 0 Å². The zero-order valence-electron chi connectivity index (χ0n) is 12.5. The number of nitrogens with two attached hydrogens (primary N) is 1. The normalized spacial score (nSPS) is 22.3. The molecule has 0 saturated carbocycles. The lowest BCUT2D eigenvalue weighted by Gasteiger charge is -2.48. The van der Waals surface area contributed by atoms with E-state index in [0.717, 1.165) is 5.69 Å². The van der Waals surface area contributed by atoms with Crippen LogP contribution >= 0.6 is 0 Å². The Bertz CT molecular complexity index is 423. The van der Waals surface area contributed by atoms with Gasteiger partial charge >= 0.3 is 0 Å². The van der Waals surface area contributed by atoms with Crippen molar-refractivity contribution in [3.05, 3.63) is 29.3 Å². The number of rotatable bonds is 2. The molecule has 0 aromatic heterocycles. The highest BCUT2D eigenvalue weighted by Crippen LogP contribution is 2.51. The maximum Gasteiger partial charge on any atom is 0.0317 e. The Morgan fingerprint density at radius 2 is 1.78 bits per heavy atom. The van der Waals surface area contributed by atoms with Crippen molar-refractivity contribution in [2.45, 2.75) is 58.8 Å². The Balaban J connectivity index is 2.66. The summed E-state index contributed by atoms with van der Waals surface area (Å²) in [7, 11) is 0. The predicted molar refractivity (Wildman–Crippen MR) is 79.9 cm³/mol. The number of hydrogen-bond donors (Lipinski definition) is 1. The van der Waals surface area contributed by atoms with E-state index < -0.39 is 0 Å². The van der Waals surface area contributed by atoms with E-state index in [-0.39, 0.29) is 0 Å². The fourth-order valence-corrected chi connectivity index (χ4v) is 4.02. The molecule has 18 heavy (non-hydrogen) atoms. The van der Waals surface area contributed by atoms with Gasteiger partial charge in [0.15, 0.2) is 0 Å². The molecule has 100 valence electrons. The summed E-state index contributed by atoms with van der Waals surface area (Å²) in [6, 6.07) is 6.56. The minimum Gasteiger partial charge on any atom is -0.399 e. The van der Waals surface area contributed by atoms with Crippen molar-refractivity contribution < 1.29 is 0 Å². The van der Waals surface area contributed by atoms with Crippen LogP contribution in [0.2, 0.25) is 0 Å². The van der Waals surface area contributed by atoms with Crippen LogP contribution in [0.5, 0.6) is 0 Å². The van der Waals surface area contributed by atoms with Gasteiger partial charge in [-0.1, -0.05) is 40.7 Å². The van der Waals surface area contributed by atoms with Gasteiger partial charge in [-0.05, 0) is 53.9 Å². The highest BCUT2D eigenvalue weighted by Gasteiger charge is 2.43. The minimum absolute atomic E-state index is 0.303. The third-order valence-electron chi connectivity index (χ3n) is 5.16. The summed E-state index contributed by atoms with van der Waals surface area (Å²) in [4.78, 5) is 0. The van der Waals surface area contributed by atoms with E-state index in [1.807, 2.05) is 0 Å². The fraction of sp³-hybridized carbons (Fsp3) is 0.647. The summed E-state index contributed by atoms with van der Waals surface area (Å²) in [5.74, 6) is 1.99. The Labute approximate surface area is 112 Å². The summed E-state index contributed by atoms with van der Waals surface area (Å²) in [6.45, 7) is 11.8. The van der Waals surface area contributed by atoms with Crippen LogP contribution in [-0.4, -0.2) is 0 Å². The summed E-state index contributed by atoms with van der Waals surface area (Å²) >= 11 is 0. The number of benzene rings is 1. The molecule has 1 atom stereocenters. The van der Waals surface area contributed by atoms with Crippen LogP contribution in [0.25, 0.3) is 0 Å². The number of anilines is 1. The largest absolute Gasteiger partial charge is 0.399 e. The molecule has 0 bridgehead atoms. The first-order valence-corrected chi connectivity index (χ1v) is 7.29. The van der Waals surface area contributed by atoms with E-state index >= 15 is 0 Å². The van der Waals surface area contributed by atoms with E-state index in [0.29, 0.717) is 23.2 Å². The van der Waals surface area contributed by atoms with Crippen LogP contribution in [0.1, 0.15) is 64.5 Å². The molecule has 1 aliphatic carbocycles. The van der Waals surface area contributed by atoms with Crippen molar-refractivity contribution in [1.29, 1.82) is 0 Å². The molecule has 1 aromatic rings. The van der Waals surface area contributed by atoms with E-state index in [4.69, 9.17) is 5.73 Å². The molecule has 1 aliphatic rings. The molecular weight excluding hydrogens is 218 g/mol. The molecule has 1 nitrogen and oxygen atoms in total. The highest BCUT2D eigenvalue weighted by molar-refractivity contribution is 5.50. The number of nitrogen functional groups attached to an aromatic ring is 1. The average Bonchev–Trinajstić information content (AvgIpc) is 2.28. The van der Waals surface area contributed by atoms with Crippen LogP contribution < -0.4 is 5.73 Å². The lowest BCUT2D eigenvalue weighted by atomic mass is 9.57. The zero-order valence-corrected chi connectivity index (χ0v) is 12.5. The van der Waals surface area contributed by atoms with Crippen molar-refractivity contribution in [2.24, 2.45) is 11.8 Å². The summed E-state index contributed by atoms with van der Waals surface area (Å²) in [6.07, 6.45) is 2.59. The molecule has 0 radical (unpaired) electrons. The number of fused-ring (bicyclic) bond motifs is 1. The molecule has 1 heteroatoms. The van der Waals surface area contributed by atoms with Gasteiger partial charge in [-0.2, -0.15) is 0 Å². The first-order valence-electron chi connectivity index (χ1n) is 7.29. The Kier molecular flexibility index (Phi) is 3.44. The second-order valence-electron chi connectivity index (χ2n) is 6.64. The van der Waals surface area contributed by atoms with E-state index in [9.17, 15) is 0 Å². The predicted octanol–water partition coefficient (Wildman–Crippen LogP) is 4.72. The first-order chi connectivity index (χ1) is 8.39. The molecule has 1 aromatic carbocycles. The summed E-state index contributed by atoms with van der Waals surface area (Å²) < 4.78 is 0. The van der Waals surface area contributed by atoms with Gasteiger partial charge in [-0.25, -0.2) is 0 Å². The lowest BCUT2D eigenvalue weighted by molar-refractivity contribution is 0.179. The highest BCUT2D eigenvalue weighted by atomic mass is 14.6. The summed E-state index contributed by atoms with van der Waals surface area (Å²) in [5.41, 5.74) is 10.3. The molecule has 2 N–H and O–H groups in total.